The van der Waals surface area contributed by atoms with Gasteiger partial charge in [-0.1, -0.05) is 29.3 Å². The summed E-state index contributed by atoms with van der Waals surface area (Å²) >= 11 is 0. The van der Waals surface area contributed by atoms with Crippen LogP contribution in [0.2, 0.25) is 0 Å². The Kier molecular flexibility index (Phi) is 1.69. The number of benzene rings is 1. The van der Waals surface area contributed by atoms with E-state index in [4.69, 9.17) is 0 Å². The highest BCUT2D eigenvalue weighted by Crippen LogP contribution is 2.74. The SMILES string of the molecule is Cc1cccc2c1C1C(=C3CCCC3)C2C2CC12. The molecule has 4 aliphatic carbocycles. The molecule has 4 atom stereocenters. The van der Waals surface area contributed by atoms with Crippen LogP contribution in [0.15, 0.2) is 29.3 Å². The van der Waals surface area contributed by atoms with Crippen LogP contribution in [0, 0.1) is 18.8 Å². The van der Waals surface area contributed by atoms with E-state index >= 15 is 0 Å². The minimum atomic E-state index is 0.850. The van der Waals surface area contributed by atoms with E-state index in [0.29, 0.717) is 0 Å². The van der Waals surface area contributed by atoms with E-state index in [1.807, 2.05) is 11.1 Å². The minimum absolute atomic E-state index is 0.850. The van der Waals surface area contributed by atoms with Gasteiger partial charge in [0.15, 0.2) is 0 Å². The highest BCUT2D eigenvalue weighted by Gasteiger charge is 2.63. The first kappa shape index (κ1) is 9.83. The summed E-state index contributed by atoms with van der Waals surface area (Å²) in [5.74, 6) is 3.77. The van der Waals surface area contributed by atoms with Gasteiger partial charge in [0.2, 0.25) is 0 Å². The van der Waals surface area contributed by atoms with Gasteiger partial charge in [-0.2, -0.15) is 0 Å². The highest BCUT2D eigenvalue weighted by atomic mass is 14.7. The van der Waals surface area contributed by atoms with E-state index in [-0.39, 0.29) is 0 Å². The van der Waals surface area contributed by atoms with Crippen LogP contribution in [0.5, 0.6) is 0 Å². The van der Waals surface area contributed by atoms with E-state index in [2.05, 4.69) is 25.1 Å². The molecule has 0 aromatic heterocycles. The summed E-state index contributed by atoms with van der Waals surface area (Å²) in [6, 6.07) is 7.04. The van der Waals surface area contributed by atoms with Crippen LogP contribution < -0.4 is 0 Å². The second-order valence-electron chi connectivity index (χ2n) is 6.86. The van der Waals surface area contributed by atoms with Gasteiger partial charge < -0.3 is 0 Å². The van der Waals surface area contributed by atoms with Gasteiger partial charge in [-0.05, 0) is 67.6 Å². The maximum Gasteiger partial charge on any atom is 0.00940 e. The second-order valence-corrected chi connectivity index (χ2v) is 6.86. The maximum absolute atomic E-state index is 2.43. The van der Waals surface area contributed by atoms with Crippen LogP contribution >= 0.6 is 0 Å². The predicted octanol–water partition coefficient (Wildman–Crippen LogP) is 4.70. The number of allylic oxidation sites excluding steroid dienone is 2. The van der Waals surface area contributed by atoms with Crippen molar-refractivity contribution in [3.63, 3.8) is 0 Å². The topological polar surface area (TPSA) is 0 Å². The molecular formula is C18H20. The zero-order valence-electron chi connectivity index (χ0n) is 11.1. The number of hydrogen-bond acceptors (Lipinski definition) is 0. The third kappa shape index (κ3) is 1.00. The Bertz CT molecular complexity index is 570. The summed E-state index contributed by atoms with van der Waals surface area (Å²) < 4.78 is 0. The lowest BCUT2D eigenvalue weighted by atomic mass is 9.88. The van der Waals surface area contributed by atoms with Crippen molar-refractivity contribution in [2.24, 2.45) is 11.8 Å². The van der Waals surface area contributed by atoms with Crippen LogP contribution in [-0.4, -0.2) is 0 Å². The summed E-state index contributed by atoms with van der Waals surface area (Å²) in [4.78, 5) is 0. The standard InChI is InChI=1S/C18H20/c1-10-5-4-8-12-15(10)18-14-9-13(14)17(12)16(18)11-6-2-3-7-11/h4-5,8,13-14,17-18H,2-3,6-7,9H2,1H3. The molecule has 3 saturated carbocycles. The van der Waals surface area contributed by atoms with Crippen molar-refractivity contribution in [2.75, 3.05) is 0 Å². The fourth-order valence-electron chi connectivity index (χ4n) is 5.35. The van der Waals surface area contributed by atoms with Crippen molar-refractivity contribution in [3.05, 3.63) is 46.0 Å². The van der Waals surface area contributed by atoms with Crippen LogP contribution in [-0.2, 0) is 0 Å². The summed E-state index contributed by atoms with van der Waals surface area (Å²) in [6.45, 7) is 2.33. The third-order valence-electron chi connectivity index (χ3n) is 6.04. The Labute approximate surface area is 109 Å². The van der Waals surface area contributed by atoms with E-state index in [9.17, 15) is 0 Å². The number of hydrogen-bond donors (Lipinski definition) is 0. The van der Waals surface area contributed by atoms with Gasteiger partial charge in [0.05, 0.1) is 0 Å². The molecule has 0 radical (unpaired) electrons. The zero-order chi connectivity index (χ0) is 11.9. The van der Waals surface area contributed by atoms with Gasteiger partial charge in [0.1, 0.15) is 0 Å². The van der Waals surface area contributed by atoms with E-state index in [1.54, 1.807) is 16.7 Å². The molecule has 0 nitrogen and oxygen atoms in total. The molecule has 0 N–H and O–H groups in total. The molecule has 4 unspecified atom stereocenters. The van der Waals surface area contributed by atoms with Crippen molar-refractivity contribution in [1.82, 2.24) is 0 Å². The Morgan fingerprint density at radius 2 is 1.78 bits per heavy atom. The molecule has 4 aliphatic rings. The summed E-state index contributed by atoms with van der Waals surface area (Å²) in [7, 11) is 0. The van der Waals surface area contributed by atoms with E-state index in [0.717, 1.165) is 23.7 Å². The van der Waals surface area contributed by atoms with Crippen molar-refractivity contribution in [1.29, 1.82) is 0 Å². The third-order valence-corrected chi connectivity index (χ3v) is 6.04. The largest absolute Gasteiger partial charge is 0.0698 e. The number of fused-ring (bicyclic) bond motifs is 8. The Balaban J connectivity index is 1.76. The average molecular weight is 236 g/mol. The van der Waals surface area contributed by atoms with Gasteiger partial charge in [-0.25, -0.2) is 0 Å². The molecule has 5 rings (SSSR count). The molecule has 0 aliphatic heterocycles. The first-order valence-electron chi connectivity index (χ1n) is 7.67. The molecule has 1 aromatic carbocycles. The van der Waals surface area contributed by atoms with Crippen LogP contribution in [0.3, 0.4) is 0 Å². The van der Waals surface area contributed by atoms with Crippen molar-refractivity contribution in [2.45, 2.75) is 50.9 Å². The molecule has 0 amide bonds. The molecule has 3 fully saturated rings. The molecule has 0 spiro atoms. The maximum atomic E-state index is 2.43. The molecule has 0 heterocycles. The lowest BCUT2D eigenvalue weighted by Gasteiger charge is -2.16. The Morgan fingerprint density at radius 1 is 1.00 bits per heavy atom. The Morgan fingerprint density at radius 3 is 2.61 bits per heavy atom. The van der Waals surface area contributed by atoms with Crippen molar-refractivity contribution < 1.29 is 0 Å². The molecule has 1 aromatic rings. The monoisotopic (exact) mass is 236 g/mol. The quantitative estimate of drug-likeness (QED) is 0.573. The normalized spacial score (nSPS) is 39.2. The second kappa shape index (κ2) is 3.10. The molecule has 0 heteroatoms. The van der Waals surface area contributed by atoms with Crippen molar-refractivity contribution in [3.8, 4) is 0 Å². The fourth-order valence-corrected chi connectivity index (χ4v) is 5.35. The highest BCUT2D eigenvalue weighted by molar-refractivity contribution is 5.61. The average Bonchev–Trinajstić information content (AvgIpc) is 2.77. The van der Waals surface area contributed by atoms with Crippen LogP contribution in [0.1, 0.15) is 60.6 Å². The predicted molar refractivity (Wildman–Crippen MR) is 73.8 cm³/mol. The molecule has 0 saturated heterocycles. The first-order valence-corrected chi connectivity index (χ1v) is 7.67. The summed E-state index contributed by atoms with van der Waals surface area (Å²) in [5.41, 5.74) is 8.80. The van der Waals surface area contributed by atoms with Crippen LogP contribution in [0.25, 0.3) is 0 Å². The summed E-state index contributed by atoms with van der Waals surface area (Å²) in [5, 5.41) is 0. The van der Waals surface area contributed by atoms with E-state index in [1.165, 1.54) is 32.1 Å². The van der Waals surface area contributed by atoms with Crippen molar-refractivity contribution >= 4 is 0 Å². The lowest BCUT2D eigenvalue weighted by Crippen LogP contribution is -2.02. The summed E-state index contributed by atoms with van der Waals surface area (Å²) in [6.07, 6.45) is 7.23. The zero-order valence-corrected chi connectivity index (χ0v) is 11.1. The molecule has 92 valence electrons. The minimum Gasteiger partial charge on any atom is -0.0698 e. The number of aryl methyl sites for hydroxylation is 1. The van der Waals surface area contributed by atoms with Gasteiger partial charge in [0, 0.05) is 11.8 Å². The molecule has 2 bridgehead atoms. The van der Waals surface area contributed by atoms with Gasteiger partial charge >= 0.3 is 0 Å². The molecule has 18 heavy (non-hydrogen) atoms. The smallest absolute Gasteiger partial charge is 0.00940 e. The van der Waals surface area contributed by atoms with E-state index < -0.39 is 0 Å². The lowest BCUT2D eigenvalue weighted by molar-refractivity contribution is 0.676. The van der Waals surface area contributed by atoms with Gasteiger partial charge in [-0.15, -0.1) is 0 Å². The Hall–Kier alpha value is -1.04. The van der Waals surface area contributed by atoms with Gasteiger partial charge in [-0.3, -0.25) is 0 Å². The van der Waals surface area contributed by atoms with Gasteiger partial charge in [0.25, 0.3) is 0 Å². The fraction of sp³-hybridized carbons (Fsp3) is 0.556. The number of rotatable bonds is 0. The first-order chi connectivity index (χ1) is 8.86. The van der Waals surface area contributed by atoms with Crippen LogP contribution in [0.4, 0.5) is 0 Å². The molecular weight excluding hydrogens is 216 g/mol.